The first kappa shape index (κ1) is 14.0. The minimum atomic E-state index is -4.47. The molecule has 1 aromatic rings. The molecule has 19 heavy (non-hydrogen) atoms. The number of halogens is 3. The molecule has 0 unspecified atom stereocenters. The highest BCUT2D eigenvalue weighted by Gasteiger charge is 2.33. The van der Waals surface area contributed by atoms with Crippen LogP contribution in [0.1, 0.15) is 24.8 Å². The highest BCUT2D eigenvalue weighted by Crippen LogP contribution is 2.35. The zero-order valence-electron chi connectivity index (χ0n) is 10.4. The Morgan fingerprint density at radius 1 is 1.32 bits per heavy atom. The van der Waals surface area contributed by atoms with Gasteiger partial charge in [0.15, 0.2) is 0 Å². The predicted molar refractivity (Wildman–Crippen MR) is 64.9 cm³/mol. The van der Waals surface area contributed by atoms with E-state index >= 15 is 0 Å². The van der Waals surface area contributed by atoms with Crippen molar-refractivity contribution in [1.82, 2.24) is 0 Å². The molecular weight excluding hydrogens is 259 g/mol. The van der Waals surface area contributed by atoms with Gasteiger partial charge < -0.3 is 15.2 Å². The molecule has 0 saturated carbocycles. The molecule has 1 fully saturated rings. The van der Waals surface area contributed by atoms with Gasteiger partial charge in [0.1, 0.15) is 12.4 Å². The highest BCUT2D eigenvalue weighted by molar-refractivity contribution is 5.51. The smallest absolute Gasteiger partial charge is 0.418 e. The van der Waals surface area contributed by atoms with Crippen LogP contribution in [0.15, 0.2) is 18.2 Å². The number of nitrogen functional groups attached to an aromatic ring is 1. The molecular formula is C13H16F3NO2. The lowest BCUT2D eigenvalue weighted by atomic mass is 10.1. The molecule has 2 N–H and O–H groups in total. The van der Waals surface area contributed by atoms with E-state index in [4.69, 9.17) is 15.2 Å². The van der Waals surface area contributed by atoms with Crippen LogP contribution in [0.5, 0.6) is 5.75 Å². The van der Waals surface area contributed by atoms with Crippen LogP contribution in [0.25, 0.3) is 0 Å². The van der Waals surface area contributed by atoms with E-state index in [1.54, 1.807) is 0 Å². The fraction of sp³-hybridized carbons (Fsp3) is 0.538. The van der Waals surface area contributed by atoms with Gasteiger partial charge in [-0.2, -0.15) is 13.2 Å². The van der Waals surface area contributed by atoms with Gasteiger partial charge in [-0.3, -0.25) is 0 Å². The molecule has 6 heteroatoms. The SMILES string of the molecule is Nc1ccc(OC[C@H]2CCCCO2)cc1C(F)(F)F. The van der Waals surface area contributed by atoms with E-state index in [1.807, 2.05) is 0 Å². The van der Waals surface area contributed by atoms with Crippen LogP contribution in [0.4, 0.5) is 18.9 Å². The fourth-order valence-electron chi connectivity index (χ4n) is 2.00. The Morgan fingerprint density at radius 3 is 2.74 bits per heavy atom. The zero-order chi connectivity index (χ0) is 13.9. The normalized spacial score (nSPS) is 20.3. The van der Waals surface area contributed by atoms with Crippen LogP contribution in [0.3, 0.4) is 0 Å². The standard InChI is InChI=1S/C13H16F3NO2/c14-13(15,16)11-7-9(4-5-12(11)17)19-8-10-3-1-2-6-18-10/h4-5,7,10H,1-3,6,8,17H2/t10-/m1/s1. The fourth-order valence-corrected chi connectivity index (χ4v) is 2.00. The van der Waals surface area contributed by atoms with Crippen LogP contribution in [-0.2, 0) is 10.9 Å². The second-order valence-electron chi connectivity index (χ2n) is 4.55. The maximum absolute atomic E-state index is 12.7. The van der Waals surface area contributed by atoms with Gasteiger partial charge in [-0.1, -0.05) is 0 Å². The number of hydrogen-bond donors (Lipinski definition) is 1. The maximum atomic E-state index is 12.7. The third-order valence-corrected chi connectivity index (χ3v) is 3.04. The van der Waals surface area contributed by atoms with Crippen LogP contribution < -0.4 is 10.5 Å². The Kier molecular flexibility index (Phi) is 4.19. The quantitative estimate of drug-likeness (QED) is 0.861. The van der Waals surface area contributed by atoms with E-state index in [0.717, 1.165) is 25.3 Å². The van der Waals surface area contributed by atoms with Crippen molar-refractivity contribution in [2.45, 2.75) is 31.5 Å². The summed E-state index contributed by atoms with van der Waals surface area (Å²) in [7, 11) is 0. The van der Waals surface area contributed by atoms with Crippen molar-refractivity contribution in [2.24, 2.45) is 0 Å². The molecule has 1 aromatic carbocycles. The Morgan fingerprint density at radius 2 is 2.11 bits per heavy atom. The second kappa shape index (κ2) is 5.69. The number of benzene rings is 1. The number of alkyl halides is 3. The summed E-state index contributed by atoms with van der Waals surface area (Å²) in [6.45, 7) is 0.949. The topological polar surface area (TPSA) is 44.5 Å². The Hall–Kier alpha value is -1.43. The summed E-state index contributed by atoms with van der Waals surface area (Å²) >= 11 is 0. The number of nitrogens with two attached hydrogens (primary N) is 1. The molecule has 106 valence electrons. The molecule has 1 heterocycles. The summed E-state index contributed by atoms with van der Waals surface area (Å²) in [5.41, 5.74) is 4.15. The average Bonchev–Trinajstić information content (AvgIpc) is 2.37. The number of rotatable bonds is 3. The van der Waals surface area contributed by atoms with E-state index in [2.05, 4.69) is 0 Å². The monoisotopic (exact) mass is 275 g/mol. The van der Waals surface area contributed by atoms with Gasteiger partial charge in [0.05, 0.1) is 11.7 Å². The molecule has 0 spiro atoms. The lowest BCUT2D eigenvalue weighted by Gasteiger charge is -2.22. The van der Waals surface area contributed by atoms with Gasteiger partial charge in [0.25, 0.3) is 0 Å². The Bertz CT molecular complexity index is 428. The third kappa shape index (κ3) is 3.76. The summed E-state index contributed by atoms with van der Waals surface area (Å²) in [5.74, 6) is 0.163. The minimum absolute atomic E-state index is 0.0411. The van der Waals surface area contributed by atoms with Gasteiger partial charge in [-0.05, 0) is 37.5 Å². The van der Waals surface area contributed by atoms with E-state index in [-0.39, 0.29) is 24.1 Å². The van der Waals surface area contributed by atoms with Gasteiger partial charge in [-0.15, -0.1) is 0 Å². The molecule has 1 atom stereocenters. The third-order valence-electron chi connectivity index (χ3n) is 3.04. The van der Waals surface area contributed by atoms with E-state index < -0.39 is 11.7 Å². The van der Waals surface area contributed by atoms with Gasteiger partial charge in [0, 0.05) is 12.3 Å². The van der Waals surface area contributed by atoms with Crippen molar-refractivity contribution in [3.63, 3.8) is 0 Å². The van der Waals surface area contributed by atoms with Crippen molar-refractivity contribution in [1.29, 1.82) is 0 Å². The van der Waals surface area contributed by atoms with Crippen molar-refractivity contribution in [3.8, 4) is 5.75 Å². The van der Waals surface area contributed by atoms with Crippen molar-refractivity contribution in [2.75, 3.05) is 18.9 Å². The molecule has 0 aromatic heterocycles. The second-order valence-corrected chi connectivity index (χ2v) is 4.55. The van der Waals surface area contributed by atoms with Crippen LogP contribution >= 0.6 is 0 Å². The Balaban J connectivity index is 2.00. The zero-order valence-corrected chi connectivity index (χ0v) is 10.4. The van der Waals surface area contributed by atoms with Crippen LogP contribution in [0.2, 0.25) is 0 Å². The predicted octanol–water partition coefficient (Wildman–Crippen LogP) is 3.24. The van der Waals surface area contributed by atoms with Crippen LogP contribution in [0, 0.1) is 0 Å². The molecule has 0 bridgehead atoms. The van der Waals surface area contributed by atoms with Gasteiger partial charge in [0.2, 0.25) is 0 Å². The molecule has 0 amide bonds. The van der Waals surface area contributed by atoms with Crippen molar-refractivity contribution >= 4 is 5.69 Å². The number of anilines is 1. The first-order valence-electron chi connectivity index (χ1n) is 6.18. The number of hydrogen-bond acceptors (Lipinski definition) is 3. The molecule has 0 radical (unpaired) electrons. The molecule has 1 aliphatic heterocycles. The lowest BCUT2D eigenvalue weighted by molar-refractivity contribution is -0.137. The lowest BCUT2D eigenvalue weighted by Crippen LogP contribution is -2.25. The van der Waals surface area contributed by atoms with E-state index in [0.29, 0.717) is 6.61 Å². The maximum Gasteiger partial charge on any atom is 0.418 e. The van der Waals surface area contributed by atoms with Crippen molar-refractivity contribution < 1.29 is 22.6 Å². The van der Waals surface area contributed by atoms with Gasteiger partial charge >= 0.3 is 6.18 Å². The van der Waals surface area contributed by atoms with Gasteiger partial charge in [-0.25, -0.2) is 0 Å². The summed E-state index contributed by atoms with van der Waals surface area (Å²) in [5, 5.41) is 0. The molecule has 0 aliphatic carbocycles. The minimum Gasteiger partial charge on any atom is -0.491 e. The van der Waals surface area contributed by atoms with Crippen molar-refractivity contribution in [3.05, 3.63) is 23.8 Å². The molecule has 1 aliphatic rings. The Labute approximate surface area is 109 Å². The molecule has 3 nitrogen and oxygen atoms in total. The summed E-state index contributed by atoms with van der Waals surface area (Å²) in [6.07, 6.45) is -1.55. The van der Waals surface area contributed by atoms with Crippen LogP contribution in [-0.4, -0.2) is 19.3 Å². The molecule has 2 rings (SSSR count). The highest BCUT2D eigenvalue weighted by atomic mass is 19.4. The summed E-state index contributed by atoms with van der Waals surface area (Å²) < 4.78 is 48.8. The van der Waals surface area contributed by atoms with E-state index in [1.165, 1.54) is 12.1 Å². The summed E-state index contributed by atoms with van der Waals surface area (Å²) in [6, 6.07) is 3.57. The number of ether oxygens (including phenoxy) is 2. The first-order valence-corrected chi connectivity index (χ1v) is 6.18. The first-order chi connectivity index (χ1) is 8.97. The largest absolute Gasteiger partial charge is 0.491 e. The van der Waals surface area contributed by atoms with E-state index in [9.17, 15) is 13.2 Å². The molecule has 1 saturated heterocycles. The summed E-state index contributed by atoms with van der Waals surface area (Å²) in [4.78, 5) is 0. The average molecular weight is 275 g/mol.